The summed E-state index contributed by atoms with van der Waals surface area (Å²) in [6, 6.07) is 9.96. The number of benzene rings is 2. The third kappa shape index (κ3) is 3.68. The van der Waals surface area contributed by atoms with Crippen LogP contribution in [-0.2, 0) is 4.74 Å². The number of carbonyl (C=O) groups is 1. The summed E-state index contributed by atoms with van der Waals surface area (Å²) in [4.78, 5) is 28.2. The molecule has 1 aromatic heterocycles. The fourth-order valence-electron chi connectivity index (χ4n) is 4.63. The summed E-state index contributed by atoms with van der Waals surface area (Å²) < 4.78 is 38.3. The van der Waals surface area contributed by atoms with E-state index in [-0.39, 0.29) is 34.8 Å². The minimum atomic E-state index is -0.802. The van der Waals surface area contributed by atoms with Crippen molar-refractivity contribution in [3.63, 3.8) is 0 Å². The molecule has 3 aromatic rings. The van der Waals surface area contributed by atoms with Gasteiger partial charge in [0.05, 0.1) is 23.2 Å². The summed E-state index contributed by atoms with van der Waals surface area (Å²) in [5.74, 6) is -2.35. The molecule has 2 fully saturated rings. The number of carbonyl (C=O) groups excluding carboxylic acids is 1. The minimum absolute atomic E-state index is 0.0457. The maximum Gasteiger partial charge on any atom is 0.344 e. The molecule has 1 saturated heterocycles. The summed E-state index contributed by atoms with van der Waals surface area (Å²) in [7, 11) is 0. The number of nitrogens with one attached hydrogen (secondary N) is 1. The SMILES string of the molecule is CCOC(=O)c1c(-c2ccccc2)n(C2CC2)c2c(F)c(N3CCNCC3)c(F)cc2c1=O. The number of esters is 1. The molecule has 1 N–H and O–H groups in total. The van der Waals surface area contributed by atoms with Gasteiger partial charge in [-0.05, 0) is 31.4 Å². The van der Waals surface area contributed by atoms with Crippen LogP contribution in [0.3, 0.4) is 0 Å². The first-order valence-electron chi connectivity index (χ1n) is 11.3. The molecular formula is C25H25F2N3O3. The van der Waals surface area contributed by atoms with Gasteiger partial charge < -0.3 is 19.5 Å². The molecule has 0 atom stereocenters. The van der Waals surface area contributed by atoms with Crippen LogP contribution in [-0.4, -0.2) is 43.3 Å². The molecule has 1 saturated carbocycles. The molecule has 0 radical (unpaired) electrons. The average Bonchev–Trinajstić information content (AvgIpc) is 3.66. The maximum atomic E-state index is 16.1. The highest BCUT2D eigenvalue weighted by atomic mass is 19.1. The number of anilines is 1. The quantitative estimate of drug-likeness (QED) is 0.595. The van der Waals surface area contributed by atoms with Crippen LogP contribution in [0.4, 0.5) is 14.5 Å². The highest BCUT2D eigenvalue weighted by Gasteiger charge is 2.35. The van der Waals surface area contributed by atoms with E-state index in [9.17, 15) is 9.59 Å². The molecule has 6 nitrogen and oxygen atoms in total. The number of hydrogen-bond acceptors (Lipinski definition) is 5. The van der Waals surface area contributed by atoms with Crippen LogP contribution in [0.1, 0.15) is 36.2 Å². The molecule has 33 heavy (non-hydrogen) atoms. The van der Waals surface area contributed by atoms with Gasteiger partial charge in [-0.2, -0.15) is 0 Å². The van der Waals surface area contributed by atoms with Crippen molar-refractivity contribution in [3.05, 3.63) is 63.8 Å². The second-order valence-electron chi connectivity index (χ2n) is 8.39. The third-order valence-corrected chi connectivity index (χ3v) is 6.23. The van der Waals surface area contributed by atoms with Crippen molar-refractivity contribution in [2.75, 3.05) is 37.7 Å². The second-order valence-corrected chi connectivity index (χ2v) is 8.39. The fourth-order valence-corrected chi connectivity index (χ4v) is 4.63. The average molecular weight is 453 g/mol. The Balaban J connectivity index is 1.90. The second kappa shape index (κ2) is 8.59. The number of aromatic nitrogens is 1. The van der Waals surface area contributed by atoms with Crippen LogP contribution < -0.4 is 15.6 Å². The predicted molar refractivity (Wildman–Crippen MR) is 123 cm³/mol. The number of pyridine rings is 1. The van der Waals surface area contributed by atoms with Crippen molar-refractivity contribution in [2.45, 2.75) is 25.8 Å². The Kier molecular flexibility index (Phi) is 5.62. The normalized spacial score (nSPS) is 16.3. The third-order valence-electron chi connectivity index (χ3n) is 6.23. The number of piperazine rings is 1. The molecule has 0 bridgehead atoms. The van der Waals surface area contributed by atoms with Gasteiger partial charge >= 0.3 is 5.97 Å². The van der Waals surface area contributed by atoms with E-state index in [1.165, 1.54) is 0 Å². The zero-order chi connectivity index (χ0) is 23.1. The van der Waals surface area contributed by atoms with E-state index in [0.717, 1.165) is 18.9 Å². The molecular weight excluding hydrogens is 428 g/mol. The van der Waals surface area contributed by atoms with Gasteiger partial charge in [0.25, 0.3) is 0 Å². The van der Waals surface area contributed by atoms with Crippen LogP contribution in [0, 0.1) is 11.6 Å². The first-order chi connectivity index (χ1) is 16.0. The number of rotatable bonds is 5. The van der Waals surface area contributed by atoms with Gasteiger partial charge in [0.15, 0.2) is 5.82 Å². The number of nitrogens with zero attached hydrogens (tertiary/aromatic N) is 2. The number of ether oxygens (including phenoxy) is 1. The Morgan fingerprint density at radius 2 is 1.85 bits per heavy atom. The van der Waals surface area contributed by atoms with Gasteiger partial charge in [0, 0.05) is 32.2 Å². The lowest BCUT2D eigenvalue weighted by atomic mass is 10.00. The van der Waals surface area contributed by atoms with Gasteiger partial charge in [-0.3, -0.25) is 4.79 Å². The molecule has 2 aromatic carbocycles. The van der Waals surface area contributed by atoms with Crippen molar-refractivity contribution in [3.8, 4) is 11.3 Å². The van der Waals surface area contributed by atoms with Gasteiger partial charge in [-0.25, -0.2) is 13.6 Å². The molecule has 0 spiro atoms. The van der Waals surface area contributed by atoms with E-state index >= 15 is 8.78 Å². The topological polar surface area (TPSA) is 63.6 Å². The molecule has 0 amide bonds. The smallest absolute Gasteiger partial charge is 0.344 e. The zero-order valence-corrected chi connectivity index (χ0v) is 18.4. The van der Waals surface area contributed by atoms with Crippen LogP contribution in [0.2, 0.25) is 0 Å². The van der Waals surface area contributed by atoms with E-state index in [4.69, 9.17) is 4.74 Å². The van der Waals surface area contributed by atoms with Crippen LogP contribution in [0.5, 0.6) is 0 Å². The Morgan fingerprint density at radius 1 is 1.15 bits per heavy atom. The molecule has 5 rings (SSSR count). The van der Waals surface area contributed by atoms with Crippen molar-refractivity contribution in [2.24, 2.45) is 0 Å². The number of fused-ring (bicyclic) bond motifs is 1. The van der Waals surface area contributed by atoms with E-state index in [2.05, 4.69) is 5.32 Å². The minimum Gasteiger partial charge on any atom is -0.462 e. The molecule has 0 unspecified atom stereocenters. The van der Waals surface area contributed by atoms with Gasteiger partial charge in [-0.1, -0.05) is 30.3 Å². The standard InChI is InChI=1S/C25H25F2N3O3/c1-2-33-25(32)19-21(15-6-4-3-5-7-15)30(16-8-9-16)22-17(24(19)31)14-18(26)23(20(22)27)29-12-10-28-11-13-29/h3-7,14,16,28H,2,8-13H2,1H3. The Labute approximate surface area is 189 Å². The van der Waals surface area contributed by atoms with E-state index in [0.29, 0.717) is 37.4 Å². The Hall–Kier alpha value is -3.26. The van der Waals surface area contributed by atoms with E-state index < -0.39 is 23.0 Å². The van der Waals surface area contributed by atoms with Crippen molar-refractivity contribution >= 4 is 22.6 Å². The van der Waals surface area contributed by atoms with Crippen molar-refractivity contribution in [1.82, 2.24) is 9.88 Å². The lowest BCUT2D eigenvalue weighted by Crippen LogP contribution is -2.44. The zero-order valence-electron chi connectivity index (χ0n) is 18.4. The summed E-state index contributed by atoms with van der Waals surface area (Å²) in [6.45, 7) is 3.88. The lowest BCUT2D eigenvalue weighted by molar-refractivity contribution is 0.0525. The number of hydrogen-bond donors (Lipinski definition) is 1. The molecule has 8 heteroatoms. The molecule has 2 aliphatic rings. The summed E-state index contributed by atoms with van der Waals surface area (Å²) >= 11 is 0. The van der Waals surface area contributed by atoms with Crippen LogP contribution >= 0.6 is 0 Å². The first-order valence-corrected chi connectivity index (χ1v) is 11.3. The van der Waals surface area contributed by atoms with Crippen LogP contribution in [0.25, 0.3) is 22.2 Å². The Morgan fingerprint density at radius 3 is 2.48 bits per heavy atom. The molecule has 1 aliphatic carbocycles. The van der Waals surface area contributed by atoms with Crippen LogP contribution in [0.15, 0.2) is 41.2 Å². The van der Waals surface area contributed by atoms with E-state index in [1.54, 1.807) is 40.7 Å². The largest absolute Gasteiger partial charge is 0.462 e. The van der Waals surface area contributed by atoms with Gasteiger partial charge in [-0.15, -0.1) is 0 Å². The van der Waals surface area contributed by atoms with Gasteiger partial charge in [0.2, 0.25) is 5.43 Å². The molecule has 2 heterocycles. The summed E-state index contributed by atoms with van der Waals surface area (Å²) in [5, 5.41) is 3.04. The lowest BCUT2D eigenvalue weighted by Gasteiger charge is -2.31. The molecule has 172 valence electrons. The number of halogens is 2. The highest BCUT2D eigenvalue weighted by Crippen LogP contribution is 2.43. The van der Waals surface area contributed by atoms with Gasteiger partial charge in [0.1, 0.15) is 17.1 Å². The first kappa shape index (κ1) is 21.6. The fraction of sp³-hybridized carbons (Fsp3) is 0.360. The van der Waals surface area contributed by atoms with E-state index in [1.807, 2.05) is 6.07 Å². The maximum absolute atomic E-state index is 16.1. The molecule has 1 aliphatic heterocycles. The summed E-state index contributed by atoms with van der Waals surface area (Å²) in [6.07, 6.45) is 1.56. The highest BCUT2D eigenvalue weighted by molar-refractivity contribution is 6.01. The summed E-state index contributed by atoms with van der Waals surface area (Å²) in [5.41, 5.74) is -0.0465. The monoisotopic (exact) mass is 453 g/mol. The van der Waals surface area contributed by atoms with Crippen molar-refractivity contribution in [1.29, 1.82) is 0 Å². The van der Waals surface area contributed by atoms with Crippen molar-refractivity contribution < 1.29 is 18.3 Å². The predicted octanol–water partition coefficient (Wildman–Crippen LogP) is 3.87. The Bertz CT molecular complexity index is 1280.